The van der Waals surface area contributed by atoms with Gasteiger partial charge in [0.15, 0.2) is 0 Å². The van der Waals surface area contributed by atoms with Crippen LogP contribution in [0.4, 0.5) is 17.6 Å². The van der Waals surface area contributed by atoms with Gasteiger partial charge < -0.3 is 19.9 Å². The number of esters is 1. The fourth-order valence-electron chi connectivity index (χ4n) is 4.29. The maximum absolute atomic E-state index is 14.7. The molecule has 1 heterocycles. The first-order chi connectivity index (χ1) is 21.1. The van der Waals surface area contributed by atoms with Crippen molar-refractivity contribution < 1.29 is 41.7 Å². The Balaban J connectivity index is 1.73. The van der Waals surface area contributed by atoms with Gasteiger partial charge in [-0.25, -0.2) is 9.37 Å². The molecule has 1 fully saturated rings. The number of pyridine rings is 1. The van der Waals surface area contributed by atoms with Crippen molar-refractivity contribution in [3.05, 3.63) is 76.2 Å². The fourth-order valence-corrected chi connectivity index (χ4v) is 5.61. The number of benzene rings is 2. The maximum Gasteiger partial charge on any atom is 0.424 e. The van der Waals surface area contributed by atoms with Gasteiger partial charge in [-0.3, -0.25) is 14.9 Å². The predicted molar refractivity (Wildman–Crippen MR) is 162 cm³/mol. The number of aliphatic hydroxyl groups is 1. The number of methoxy groups -OCH3 is 2. The second-order valence-electron chi connectivity index (χ2n) is 11.0. The molecule has 0 radical (unpaired) electrons. The number of aromatic nitrogens is 1. The standard InChI is InChI=1S/C31H32ClF4N3O5S/c1-29(2,38-15-27(40)44-4)19-13-23(17-5-9-22(33)21(32)11-17)39-26(14-19)30(42,31(34,35)36)16-37-28(41)18-6-10-25(24(12-18)43-3)45-20-7-8-20/h5-6,9-14,20,38,42H,7-8,15-16H2,1-4H3,(H,37,41). The van der Waals surface area contributed by atoms with E-state index in [2.05, 4.69) is 20.4 Å². The predicted octanol–water partition coefficient (Wildman–Crippen LogP) is 5.98. The highest BCUT2D eigenvalue weighted by Crippen LogP contribution is 2.43. The molecule has 0 bridgehead atoms. The Labute approximate surface area is 266 Å². The Morgan fingerprint density at radius 2 is 1.80 bits per heavy atom. The van der Waals surface area contributed by atoms with Crippen molar-refractivity contribution in [3.63, 3.8) is 0 Å². The number of hydrogen-bond donors (Lipinski definition) is 3. The van der Waals surface area contributed by atoms with Crippen LogP contribution in [-0.2, 0) is 20.7 Å². The van der Waals surface area contributed by atoms with E-state index in [1.54, 1.807) is 31.7 Å². The second-order valence-corrected chi connectivity index (χ2v) is 12.8. The van der Waals surface area contributed by atoms with Crippen molar-refractivity contribution in [2.75, 3.05) is 27.3 Å². The highest BCUT2D eigenvalue weighted by Gasteiger charge is 2.56. The summed E-state index contributed by atoms with van der Waals surface area (Å²) in [6, 6.07) is 10.5. The van der Waals surface area contributed by atoms with E-state index in [9.17, 15) is 32.3 Å². The minimum atomic E-state index is -5.31. The normalized spacial score (nSPS) is 14.9. The van der Waals surface area contributed by atoms with Crippen molar-refractivity contribution >= 4 is 35.2 Å². The third-order valence-electron chi connectivity index (χ3n) is 7.31. The molecule has 1 aromatic heterocycles. The van der Waals surface area contributed by atoms with Gasteiger partial charge in [-0.2, -0.15) is 13.2 Å². The van der Waals surface area contributed by atoms with Crippen LogP contribution < -0.4 is 15.4 Å². The summed E-state index contributed by atoms with van der Waals surface area (Å²) in [5.74, 6) is -1.83. The van der Waals surface area contributed by atoms with Crippen LogP contribution in [0.5, 0.6) is 5.75 Å². The van der Waals surface area contributed by atoms with Gasteiger partial charge in [-0.05, 0) is 80.8 Å². The van der Waals surface area contributed by atoms with Crippen LogP contribution in [0.3, 0.4) is 0 Å². The lowest BCUT2D eigenvalue weighted by atomic mass is 9.88. The molecule has 1 saturated carbocycles. The summed E-state index contributed by atoms with van der Waals surface area (Å²) in [5, 5.41) is 16.5. The number of nitrogens with zero attached hydrogens (tertiary/aromatic N) is 1. The number of ether oxygens (including phenoxy) is 2. The molecule has 0 spiro atoms. The van der Waals surface area contributed by atoms with Crippen molar-refractivity contribution in [1.29, 1.82) is 0 Å². The van der Waals surface area contributed by atoms with Gasteiger partial charge in [0, 0.05) is 26.8 Å². The van der Waals surface area contributed by atoms with Crippen LogP contribution in [0.2, 0.25) is 5.02 Å². The number of nitrogens with one attached hydrogen (secondary N) is 2. The van der Waals surface area contributed by atoms with E-state index in [0.717, 1.165) is 29.9 Å². The Kier molecular flexibility index (Phi) is 10.4. The molecule has 242 valence electrons. The first-order valence-corrected chi connectivity index (χ1v) is 15.1. The van der Waals surface area contributed by atoms with E-state index >= 15 is 0 Å². The van der Waals surface area contributed by atoms with E-state index in [4.69, 9.17) is 16.3 Å². The lowest BCUT2D eigenvalue weighted by Crippen LogP contribution is -2.52. The zero-order valence-electron chi connectivity index (χ0n) is 24.9. The molecule has 0 aliphatic heterocycles. The molecule has 2 aromatic carbocycles. The van der Waals surface area contributed by atoms with Gasteiger partial charge >= 0.3 is 12.1 Å². The van der Waals surface area contributed by atoms with Crippen molar-refractivity contribution in [2.45, 2.75) is 54.2 Å². The quantitative estimate of drug-likeness (QED) is 0.160. The van der Waals surface area contributed by atoms with Crippen LogP contribution in [0.25, 0.3) is 11.3 Å². The summed E-state index contributed by atoms with van der Waals surface area (Å²) >= 11 is 7.54. The molecule has 8 nitrogen and oxygen atoms in total. The van der Waals surface area contributed by atoms with Gasteiger partial charge in [0.2, 0.25) is 5.60 Å². The number of halogens is 5. The highest BCUT2D eigenvalue weighted by molar-refractivity contribution is 8.00. The van der Waals surface area contributed by atoms with Gasteiger partial charge in [0.05, 0.1) is 43.7 Å². The number of rotatable bonds is 12. The molecule has 3 N–H and O–H groups in total. The molecule has 1 unspecified atom stereocenters. The van der Waals surface area contributed by atoms with Crippen LogP contribution in [0, 0.1) is 5.82 Å². The second kappa shape index (κ2) is 13.5. The van der Waals surface area contributed by atoms with Crippen LogP contribution in [0.1, 0.15) is 48.3 Å². The highest BCUT2D eigenvalue weighted by atomic mass is 35.5. The third-order valence-corrected chi connectivity index (χ3v) is 8.99. The number of hydrogen-bond acceptors (Lipinski definition) is 8. The molecule has 1 amide bonds. The maximum atomic E-state index is 14.7. The number of thioether (sulfide) groups is 1. The molecule has 4 rings (SSSR count). The van der Waals surface area contributed by atoms with Crippen LogP contribution in [-0.4, -0.2) is 60.7 Å². The van der Waals surface area contributed by atoms with E-state index in [1.807, 2.05) is 0 Å². The lowest BCUT2D eigenvalue weighted by molar-refractivity contribution is -0.265. The summed E-state index contributed by atoms with van der Waals surface area (Å²) in [5.41, 5.74) is -5.34. The summed E-state index contributed by atoms with van der Waals surface area (Å²) in [4.78, 5) is 29.8. The Hall–Kier alpha value is -3.39. The first kappa shape index (κ1) is 34.5. The van der Waals surface area contributed by atoms with Gasteiger partial charge in [0.25, 0.3) is 5.91 Å². The van der Waals surface area contributed by atoms with Gasteiger partial charge in [-0.1, -0.05) is 11.6 Å². The van der Waals surface area contributed by atoms with Gasteiger partial charge in [-0.15, -0.1) is 11.8 Å². The summed E-state index contributed by atoms with van der Waals surface area (Å²) in [6.07, 6.45) is -3.18. The Morgan fingerprint density at radius 1 is 1.09 bits per heavy atom. The fraction of sp³-hybridized carbons (Fsp3) is 0.387. The van der Waals surface area contributed by atoms with Gasteiger partial charge in [0.1, 0.15) is 11.6 Å². The van der Waals surface area contributed by atoms with Crippen molar-refractivity contribution in [3.8, 4) is 17.0 Å². The van der Waals surface area contributed by atoms with Crippen LogP contribution >= 0.6 is 23.4 Å². The Bertz CT molecular complexity index is 1590. The molecular weight excluding hydrogens is 638 g/mol. The summed E-state index contributed by atoms with van der Waals surface area (Å²) in [7, 11) is 2.62. The molecule has 1 atom stereocenters. The van der Waals surface area contributed by atoms with Crippen LogP contribution in [0.15, 0.2) is 53.4 Å². The van der Waals surface area contributed by atoms with E-state index in [1.165, 1.54) is 44.6 Å². The smallest absolute Gasteiger partial charge is 0.424 e. The zero-order chi connectivity index (χ0) is 33.2. The molecule has 1 aliphatic rings. The van der Waals surface area contributed by atoms with Crippen molar-refractivity contribution in [1.82, 2.24) is 15.6 Å². The average molecular weight is 670 g/mol. The number of alkyl halides is 3. The topological polar surface area (TPSA) is 110 Å². The number of carbonyl (C=O) groups excluding carboxylic acids is 2. The molecule has 3 aromatic rings. The number of carbonyl (C=O) groups is 2. The third kappa shape index (κ3) is 8.07. The van der Waals surface area contributed by atoms with E-state index < -0.39 is 47.2 Å². The lowest BCUT2D eigenvalue weighted by Gasteiger charge is -2.33. The SMILES string of the molecule is COC(=O)CNC(C)(C)c1cc(-c2ccc(F)c(Cl)c2)nc(C(O)(CNC(=O)c2ccc(SC3CC3)c(OC)c2)C(F)(F)F)c1. The molecule has 14 heteroatoms. The molecular formula is C31H32ClF4N3O5S. The van der Waals surface area contributed by atoms with Crippen molar-refractivity contribution in [2.24, 2.45) is 0 Å². The molecule has 1 aliphatic carbocycles. The van der Waals surface area contributed by atoms with E-state index in [-0.39, 0.29) is 34.0 Å². The monoisotopic (exact) mass is 669 g/mol. The summed E-state index contributed by atoms with van der Waals surface area (Å²) < 4.78 is 68.1. The first-order valence-electron chi connectivity index (χ1n) is 13.8. The number of amides is 1. The largest absolute Gasteiger partial charge is 0.496 e. The Morgan fingerprint density at radius 3 is 2.40 bits per heavy atom. The minimum Gasteiger partial charge on any atom is -0.496 e. The average Bonchev–Trinajstić information content (AvgIpc) is 3.83. The minimum absolute atomic E-state index is 0.0352. The summed E-state index contributed by atoms with van der Waals surface area (Å²) in [6.45, 7) is 1.64. The molecule has 0 saturated heterocycles. The van der Waals surface area contributed by atoms with E-state index in [0.29, 0.717) is 11.0 Å². The molecule has 45 heavy (non-hydrogen) atoms. The zero-order valence-corrected chi connectivity index (χ0v) is 26.4.